The summed E-state index contributed by atoms with van der Waals surface area (Å²) in [4.78, 5) is 2.42. The Kier molecular flexibility index (Phi) is 7.74. The summed E-state index contributed by atoms with van der Waals surface area (Å²) in [6.45, 7) is 7.13. The molecule has 0 saturated heterocycles. The van der Waals surface area contributed by atoms with Gasteiger partial charge < -0.3 is 9.32 Å². The van der Waals surface area contributed by atoms with Crippen molar-refractivity contribution in [2.75, 3.05) is 4.90 Å². The third-order valence-corrected chi connectivity index (χ3v) is 13.8. The third-order valence-electron chi connectivity index (χ3n) is 13.8. The fourth-order valence-electron chi connectivity index (χ4n) is 10.7. The number of hydrogen-bond donors (Lipinski definition) is 0. The molecule has 290 valence electrons. The number of fused-ring (bicyclic) bond motifs is 9. The number of furan rings is 1. The minimum atomic E-state index is -0.309. The molecule has 0 N–H and O–H groups in total. The number of nitrogens with zero attached hydrogens (tertiary/aromatic N) is 1. The van der Waals surface area contributed by atoms with Crippen LogP contribution in [0, 0.1) is 0 Å². The summed E-state index contributed by atoms with van der Waals surface area (Å²) in [6.07, 6.45) is 0. The molecule has 1 atom stereocenters. The molecule has 1 unspecified atom stereocenters. The Morgan fingerprint density at radius 2 is 0.918 bits per heavy atom. The van der Waals surface area contributed by atoms with Crippen molar-refractivity contribution in [1.82, 2.24) is 0 Å². The summed E-state index contributed by atoms with van der Waals surface area (Å²) in [5.41, 5.74) is 21.6. The van der Waals surface area contributed by atoms with Crippen molar-refractivity contribution in [1.29, 1.82) is 0 Å². The summed E-state index contributed by atoms with van der Waals surface area (Å²) in [5.74, 6) is 0. The van der Waals surface area contributed by atoms with E-state index in [1.54, 1.807) is 0 Å². The summed E-state index contributed by atoms with van der Waals surface area (Å²) >= 11 is 0. The molecule has 2 nitrogen and oxygen atoms in total. The van der Waals surface area contributed by atoms with Crippen molar-refractivity contribution < 1.29 is 4.42 Å². The molecule has 1 heterocycles. The molecule has 0 spiro atoms. The van der Waals surface area contributed by atoms with Crippen molar-refractivity contribution in [3.63, 3.8) is 0 Å². The van der Waals surface area contributed by atoms with Crippen molar-refractivity contribution in [3.05, 3.63) is 234 Å². The molecule has 0 bridgehead atoms. The molecular weight excluding hydrogens is 739 g/mol. The Morgan fingerprint density at radius 1 is 0.361 bits per heavy atom. The monoisotopic (exact) mass is 781 g/mol. The molecule has 12 rings (SSSR count). The van der Waals surface area contributed by atoms with E-state index in [0.717, 1.165) is 50.1 Å². The second-order valence-corrected chi connectivity index (χ2v) is 17.4. The molecule has 2 heteroatoms. The topological polar surface area (TPSA) is 16.4 Å². The Morgan fingerprint density at radius 3 is 1.69 bits per heavy atom. The van der Waals surface area contributed by atoms with Gasteiger partial charge in [-0.25, -0.2) is 0 Å². The largest absolute Gasteiger partial charge is 0.456 e. The highest BCUT2D eigenvalue weighted by molar-refractivity contribution is 6.06. The van der Waals surface area contributed by atoms with Gasteiger partial charge in [-0.05, 0) is 134 Å². The lowest BCUT2D eigenvalue weighted by Gasteiger charge is -2.31. The molecular formula is C59H43NO. The highest BCUT2D eigenvalue weighted by atomic mass is 16.3. The zero-order valence-electron chi connectivity index (χ0n) is 34.5. The third kappa shape index (κ3) is 5.28. The predicted octanol–water partition coefficient (Wildman–Crippen LogP) is 16.0. The van der Waals surface area contributed by atoms with Crippen molar-refractivity contribution >= 4 is 39.0 Å². The second kappa shape index (κ2) is 13.3. The number of benzene rings is 9. The Labute approximate surface area is 357 Å². The molecule has 9 aromatic carbocycles. The van der Waals surface area contributed by atoms with Gasteiger partial charge >= 0.3 is 0 Å². The summed E-state index contributed by atoms with van der Waals surface area (Å²) < 4.78 is 6.16. The van der Waals surface area contributed by atoms with Gasteiger partial charge in [0.2, 0.25) is 0 Å². The lowest BCUT2D eigenvalue weighted by Crippen LogP contribution is -2.22. The molecule has 0 saturated carbocycles. The normalized spacial score (nSPS) is 15.7. The quantitative estimate of drug-likeness (QED) is 0.167. The van der Waals surface area contributed by atoms with Gasteiger partial charge in [-0.15, -0.1) is 0 Å². The van der Waals surface area contributed by atoms with Gasteiger partial charge in [0.25, 0.3) is 0 Å². The first-order valence-electron chi connectivity index (χ1n) is 21.3. The van der Waals surface area contributed by atoms with E-state index in [-0.39, 0.29) is 10.8 Å². The van der Waals surface area contributed by atoms with E-state index in [9.17, 15) is 0 Å². The van der Waals surface area contributed by atoms with E-state index >= 15 is 0 Å². The van der Waals surface area contributed by atoms with Crippen LogP contribution in [0.5, 0.6) is 0 Å². The van der Waals surface area contributed by atoms with E-state index in [1.807, 2.05) is 12.1 Å². The van der Waals surface area contributed by atoms with E-state index in [4.69, 9.17) is 4.42 Å². The smallest absolute Gasteiger partial charge is 0.135 e. The first-order valence-corrected chi connectivity index (χ1v) is 21.3. The predicted molar refractivity (Wildman–Crippen MR) is 254 cm³/mol. The summed E-state index contributed by atoms with van der Waals surface area (Å²) in [5, 5.41) is 2.27. The molecule has 2 aliphatic carbocycles. The Bertz CT molecular complexity index is 3340. The lowest BCUT2D eigenvalue weighted by atomic mass is 9.74. The van der Waals surface area contributed by atoms with Crippen LogP contribution >= 0.6 is 0 Å². The van der Waals surface area contributed by atoms with Gasteiger partial charge in [0.1, 0.15) is 11.2 Å². The zero-order chi connectivity index (χ0) is 40.9. The number of rotatable bonds is 6. The van der Waals surface area contributed by atoms with Gasteiger partial charge in [0.15, 0.2) is 0 Å². The van der Waals surface area contributed by atoms with Crippen LogP contribution in [-0.2, 0) is 10.8 Å². The molecule has 0 radical (unpaired) electrons. The first-order chi connectivity index (χ1) is 29.9. The minimum Gasteiger partial charge on any atom is -0.456 e. The molecule has 2 aliphatic rings. The van der Waals surface area contributed by atoms with Gasteiger partial charge in [0, 0.05) is 38.7 Å². The van der Waals surface area contributed by atoms with E-state index in [1.165, 1.54) is 61.2 Å². The summed E-state index contributed by atoms with van der Waals surface area (Å²) in [7, 11) is 0. The maximum absolute atomic E-state index is 6.16. The number of anilines is 3. The maximum atomic E-state index is 6.16. The fourth-order valence-corrected chi connectivity index (χ4v) is 10.7. The van der Waals surface area contributed by atoms with Crippen molar-refractivity contribution in [3.8, 4) is 44.5 Å². The minimum absolute atomic E-state index is 0.0996. The highest BCUT2D eigenvalue weighted by Gasteiger charge is 2.41. The van der Waals surface area contributed by atoms with Crippen LogP contribution in [0.15, 0.2) is 211 Å². The zero-order valence-corrected chi connectivity index (χ0v) is 34.5. The second-order valence-electron chi connectivity index (χ2n) is 17.4. The lowest BCUT2D eigenvalue weighted by molar-refractivity contribution is 0.662. The first kappa shape index (κ1) is 35.5. The van der Waals surface area contributed by atoms with Gasteiger partial charge in [0.05, 0.1) is 0 Å². The van der Waals surface area contributed by atoms with Crippen LogP contribution in [0.2, 0.25) is 0 Å². The Hall–Kier alpha value is -7.42. The standard InChI is InChI=1S/C59H43NO/c1-58(2)52-21-10-7-17-47(52)50-20-13-19-45(57(50)58)39-26-31-43(32-27-39)60(42-29-24-38(25-30-42)40-28-35-56-51(36-40)49-18-9-12-23-55(49)61-56)44-33-34-48-46-16-8-11-22-53(46)59(3,54(48)37-44)41-14-5-4-6-15-41/h4-37H,1-3H3. The number of hydrogen-bond acceptors (Lipinski definition) is 2. The maximum Gasteiger partial charge on any atom is 0.135 e. The van der Waals surface area contributed by atoms with E-state index < -0.39 is 0 Å². The van der Waals surface area contributed by atoms with Crippen LogP contribution in [0.1, 0.15) is 48.6 Å². The van der Waals surface area contributed by atoms with Gasteiger partial charge in [-0.3, -0.25) is 0 Å². The van der Waals surface area contributed by atoms with Crippen LogP contribution in [0.3, 0.4) is 0 Å². The highest BCUT2D eigenvalue weighted by Crippen LogP contribution is 2.55. The van der Waals surface area contributed by atoms with Gasteiger partial charge in [-0.2, -0.15) is 0 Å². The van der Waals surface area contributed by atoms with E-state index in [0.29, 0.717) is 0 Å². The van der Waals surface area contributed by atoms with E-state index in [2.05, 4.69) is 220 Å². The summed E-state index contributed by atoms with van der Waals surface area (Å²) in [6, 6.07) is 75.8. The molecule has 0 fully saturated rings. The average Bonchev–Trinajstić information content (AvgIpc) is 3.90. The van der Waals surface area contributed by atoms with Crippen LogP contribution in [0.25, 0.3) is 66.4 Å². The molecule has 10 aromatic rings. The van der Waals surface area contributed by atoms with Crippen LogP contribution in [-0.4, -0.2) is 0 Å². The van der Waals surface area contributed by atoms with Gasteiger partial charge in [-0.1, -0.05) is 166 Å². The van der Waals surface area contributed by atoms with Crippen molar-refractivity contribution in [2.24, 2.45) is 0 Å². The fraction of sp³-hybridized carbons (Fsp3) is 0.0847. The molecule has 1 aromatic heterocycles. The Balaban J connectivity index is 0.991. The molecule has 61 heavy (non-hydrogen) atoms. The van der Waals surface area contributed by atoms with Crippen LogP contribution in [0.4, 0.5) is 17.1 Å². The molecule has 0 amide bonds. The van der Waals surface area contributed by atoms with Crippen LogP contribution < -0.4 is 4.90 Å². The van der Waals surface area contributed by atoms with Crippen molar-refractivity contribution in [2.45, 2.75) is 31.6 Å². The molecule has 0 aliphatic heterocycles. The number of para-hydroxylation sites is 1. The average molecular weight is 782 g/mol. The SMILES string of the molecule is CC1(C)c2ccccc2-c2cccc(-c3ccc(N(c4ccc(-c5ccc6oc7ccccc7c6c5)cc4)c4ccc5c(c4)C(C)(c4ccccc4)c4ccccc4-5)cc3)c21.